The summed E-state index contributed by atoms with van der Waals surface area (Å²) in [6.45, 7) is 0.832. The molecule has 10 N–H and O–H groups in total. The Bertz CT molecular complexity index is 1910. The molecule has 1 unspecified atom stereocenters. The number of anilines is 1. The van der Waals surface area contributed by atoms with E-state index in [9.17, 15) is 54.6 Å². The summed E-state index contributed by atoms with van der Waals surface area (Å²) in [5.41, 5.74) is 5.43. The number of aliphatic hydroxyl groups is 4. The number of nitrogens with zero attached hydrogens (tertiary/aromatic N) is 2. The van der Waals surface area contributed by atoms with E-state index in [1.165, 1.54) is 18.2 Å². The lowest BCUT2D eigenvalue weighted by Crippen LogP contribution is -2.61. The predicted molar refractivity (Wildman–Crippen MR) is 211 cm³/mol. The van der Waals surface area contributed by atoms with Gasteiger partial charge in [-0.05, 0) is 48.7 Å². The molecule has 0 radical (unpaired) electrons. The number of aryl methyl sites for hydroxylation is 1. The quantitative estimate of drug-likeness (QED) is 0.0357. The molecule has 1 aromatic heterocycles. The Morgan fingerprint density at radius 1 is 0.883 bits per heavy atom. The van der Waals surface area contributed by atoms with Crippen molar-refractivity contribution in [2.45, 2.75) is 82.1 Å². The molecule has 1 fully saturated rings. The van der Waals surface area contributed by atoms with Gasteiger partial charge in [0.1, 0.15) is 30.1 Å². The van der Waals surface area contributed by atoms with E-state index >= 15 is 0 Å². The van der Waals surface area contributed by atoms with Crippen LogP contribution < -0.4 is 26.1 Å². The van der Waals surface area contributed by atoms with Gasteiger partial charge in [-0.2, -0.15) is 0 Å². The van der Waals surface area contributed by atoms with Crippen LogP contribution in [0, 0.1) is 0 Å². The van der Waals surface area contributed by atoms with E-state index in [2.05, 4.69) is 27.4 Å². The van der Waals surface area contributed by atoms with E-state index in [1.807, 2.05) is 47.9 Å². The third-order valence-corrected chi connectivity index (χ3v) is 9.49. The third kappa shape index (κ3) is 13.9. The van der Waals surface area contributed by atoms with Crippen LogP contribution in [-0.2, 0) is 57.9 Å². The highest BCUT2D eigenvalue weighted by Crippen LogP contribution is 2.31. The molecule has 0 bridgehead atoms. The normalized spacial score (nSPS) is 19.5. The summed E-state index contributed by atoms with van der Waals surface area (Å²) in [7, 11) is 3.71. The van der Waals surface area contributed by atoms with E-state index in [0.717, 1.165) is 16.6 Å². The molecule has 0 saturated carbocycles. The fraction of sp³-hybridized carbons (Fsp3) is 0.513. The Kier molecular flexibility index (Phi) is 18.6. The molecule has 21 heteroatoms. The van der Waals surface area contributed by atoms with Gasteiger partial charge in [0.05, 0.1) is 51.7 Å². The van der Waals surface area contributed by atoms with Gasteiger partial charge >= 0.3 is 11.9 Å². The smallest absolute Gasteiger partial charge is 0.335 e. The second kappa shape index (κ2) is 23.5. The molecule has 3 amide bonds. The molecule has 0 spiro atoms. The minimum atomic E-state index is -1.92. The monoisotopic (exact) mass is 846 g/mol. The third-order valence-electron chi connectivity index (χ3n) is 9.49. The van der Waals surface area contributed by atoms with E-state index in [-0.39, 0.29) is 70.1 Å². The Hall–Kier alpha value is -5.23. The number of aromatic nitrogens is 1. The molecule has 0 aliphatic carbocycles. The first-order valence-electron chi connectivity index (χ1n) is 19.2. The first-order valence-corrected chi connectivity index (χ1v) is 19.2. The molecular formula is C39H54N6O15. The number of carboxylic acids is 2. The second-order valence-corrected chi connectivity index (χ2v) is 13.9. The van der Waals surface area contributed by atoms with Gasteiger partial charge in [0.2, 0.25) is 24.0 Å². The van der Waals surface area contributed by atoms with E-state index in [1.54, 1.807) is 0 Å². The molecule has 6 atom stereocenters. The number of hydrazine groups is 1. The Morgan fingerprint density at radius 2 is 1.62 bits per heavy atom. The zero-order valence-corrected chi connectivity index (χ0v) is 33.3. The summed E-state index contributed by atoms with van der Waals surface area (Å²) in [6, 6.07) is 12.9. The van der Waals surface area contributed by atoms with Crippen LogP contribution in [-0.4, -0.2) is 154 Å². The van der Waals surface area contributed by atoms with Gasteiger partial charge in [0.15, 0.2) is 6.10 Å². The van der Waals surface area contributed by atoms with Crippen LogP contribution in [0.4, 0.5) is 5.69 Å². The van der Waals surface area contributed by atoms with Gasteiger partial charge < -0.3 is 70.1 Å². The molecule has 21 nitrogen and oxygen atoms in total. The van der Waals surface area contributed by atoms with Gasteiger partial charge in [-0.15, -0.1) is 0 Å². The number of benzene rings is 2. The summed E-state index contributed by atoms with van der Waals surface area (Å²) in [6.07, 6.45) is -9.81. The van der Waals surface area contributed by atoms with Gasteiger partial charge in [0, 0.05) is 44.2 Å². The van der Waals surface area contributed by atoms with Crippen LogP contribution in [0.15, 0.2) is 48.5 Å². The lowest BCUT2D eigenvalue weighted by Gasteiger charge is -2.38. The number of aliphatic carboxylic acids is 2. The van der Waals surface area contributed by atoms with Gasteiger partial charge in [0.25, 0.3) is 0 Å². The number of carboxylic acid groups (broad SMARTS) is 2. The molecule has 1 aliphatic rings. The summed E-state index contributed by atoms with van der Waals surface area (Å²) in [5, 5.41) is 69.3. The standard InChI is InChI=1S/C39H54N6O15/c1-40-44(2)21-25-20-24-5-3-4-6-28(24)45(25)14-11-30(47)42-26(8-10-32(49)50)37(54)41-13-16-58-18-17-57-15-12-31(48)43-27-19-23(22-46)7-9-29(27)59-39-35(53)33(51)34(52)36(60-39)38(55)56/h3-7,9,19-20,26,33-36,39-40,46,51-53H,8,10-18,21-22H2,1-2H3,(H,41,54)(H,42,47)(H,43,48)(H,49,50)(H,55,56)/t26-,33+,34+,35-,36+,39?/m1/s1. The number of aliphatic hydroxyl groups excluding tert-OH is 4. The lowest BCUT2D eigenvalue weighted by atomic mass is 9.99. The minimum Gasteiger partial charge on any atom is -0.481 e. The maximum absolute atomic E-state index is 13.0. The van der Waals surface area contributed by atoms with Crippen LogP contribution >= 0.6 is 0 Å². The lowest BCUT2D eigenvalue weighted by molar-refractivity contribution is -0.271. The second-order valence-electron chi connectivity index (χ2n) is 13.9. The topological polar surface area (TPSA) is 300 Å². The van der Waals surface area contributed by atoms with Crippen molar-refractivity contribution in [1.29, 1.82) is 0 Å². The number of carbonyl (C=O) groups is 5. The van der Waals surface area contributed by atoms with Crippen LogP contribution in [0.25, 0.3) is 10.9 Å². The van der Waals surface area contributed by atoms with Crippen molar-refractivity contribution in [3.63, 3.8) is 0 Å². The number of nitrogens with one attached hydrogen (secondary N) is 4. The Morgan fingerprint density at radius 3 is 2.32 bits per heavy atom. The average molecular weight is 847 g/mol. The summed E-state index contributed by atoms with van der Waals surface area (Å²) in [4.78, 5) is 61.5. The number of amides is 3. The number of ether oxygens (including phenoxy) is 4. The number of hydrogen-bond donors (Lipinski definition) is 10. The van der Waals surface area contributed by atoms with Crippen LogP contribution in [0.5, 0.6) is 5.75 Å². The number of para-hydroxylation sites is 1. The number of rotatable bonds is 25. The molecular weight excluding hydrogens is 792 g/mol. The fourth-order valence-electron chi connectivity index (χ4n) is 6.22. The van der Waals surface area contributed by atoms with Crippen molar-refractivity contribution < 1.29 is 73.6 Å². The van der Waals surface area contributed by atoms with Crippen LogP contribution in [0.1, 0.15) is 36.9 Å². The van der Waals surface area contributed by atoms with Gasteiger partial charge in [-0.1, -0.05) is 24.3 Å². The summed E-state index contributed by atoms with van der Waals surface area (Å²) < 4.78 is 23.7. The highest BCUT2D eigenvalue weighted by Gasteiger charge is 2.48. The minimum absolute atomic E-state index is 0.0313. The van der Waals surface area contributed by atoms with Crippen molar-refractivity contribution in [1.82, 2.24) is 25.6 Å². The van der Waals surface area contributed by atoms with Crippen molar-refractivity contribution in [2.75, 3.05) is 52.4 Å². The zero-order valence-electron chi connectivity index (χ0n) is 33.3. The predicted octanol–water partition coefficient (Wildman–Crippen LogP) is -1.11. The van der Waals surface area contributed by atoms with Crippen molar-refractivity contribution >= 4 is 46.3 Å². The van der Waals surface area contributed by atoms with Gasteiger partial charge in [-0.25, -0.2) is 9.80 Å². The first kappa shape index (κ1) is 47.4. The Labute approximate surface area is 345 Å². The van der Waals surface area contributed by atoms with E-state index in [4.69, 9.17) is 18.9 Å². The molecule has 2 aromatic carbocycles. The van der Waals surface area contributed by atoms with Crippen LogP contribution in [0.3, 0.4) is 0 Å². The van der Waals surface area contributed by atoms with Crippen LogP contribution in [0.2, 0.25) is 0 Å². The molecule has 60 heavy (non-hydrogen) atoms. The summed E-state index contributed by atoms with van der Waals surface area (Å²) >= 11 is 0. The zero-order chi connectivity index (χ0) is 43.8. The SMILES string of the molecule is CNN(C)Cc1cc2ccccc2n1CCC(=O)N[C@H](CCC(=O)O)C(=O)NCCOCCOCCC(=O)Nc1cc(CO)ccc1OC1O[C@H](C(=O)O)[C@@H](O)[C@H](O)[C@H]1O. The van der Waals surface area contributed by atoms with Crippen molar-refractivity contribution in [3.05, 3.63) is 59.8 Å². The molecule has 2 heterocycles. The number of fused-ring (bicyclic) bond motifs is 1. The highest BCUT2D eigenvalue weighted by atomic mass is 16.7. The van der Waals surface area contributed by atoms with Gasteiger partial charge in [-0.3, -0.25) is 24.6 Å². The van der Waals surface area contributed by atoms with Crippen molar-refractivity contribution in [3.8, 4) is 5.75 Å². The molecule has 3 aromatic rings. The molecule has 330 valence electrons. The Balaban J connectivity index is 1.17. The molecule has 1 saturated heterocycles. The average Bonchev–Trinajstić information content (AvgIpc) is 3.57. The summed E-state index contributed by atoms with van der Waals surface area (Å²) in [5.74, 6) is -4.29. The van der Waals surface area contributed by atoms with E-state index in [0.29, 0.717) is 18.7 Å². The maximum Gasteiger partial charge on any atom is 0.335 e. The maximum atomic E-state index is 13.0. The number of carbonyl (C=O) groups excluding carboxylic acids is 3. The first-order chi connectivity index (χ1) is 28.7. The van der Waals surface area contributed by atoms with E-state index < -0.39 is 73.0 Å². The van der Waals surface area contributed by atoms with Crippen molar-refractivity contribution in [2.24, 2.45) is 0 Å². The largest absolute Gasteiger partial charge is 0.481 e. The fourth-order valence-corrected chi connectivity index (χ4v) is 6.22. The molecule has 4 rings (SSSR count). The number of hydrogen-bond acceptors (Lipinski definition) is 15. The highest BCUT2D eigenvalue weighted by molar-refractivity contribution is 5.92. The molecule has 1 aliphatic heterocycles.